The number of carbonyl (C=O) groups is 1. The van der Waals surface area contributed by atoms with Crippen LogP contribution in [0.1, 0.15) is 30.6 Å². The minimum Gasteiger partial charge on any atom is -0.444 e. The van der Waals surface area contributed by atoms with Crippen LogP contribution in [0.3, 0.4) is 0 Å². The highest BCUT2D eigenvalue weighted by Crippen LogP contribution is 2.19. The highest BCUT2D eigenvalue weighted by molar-refractivity contribution is 5.94. The lowest BCUT2D eigenvalue weighted by molar-refractivity contribution is 0.0908. The zero-order valence-corrected chi connectivity index (χ0v) is 12.2. The summed E-state index contributed by atoms with van der Waals surface area (Å²) < 4.78 is 5.20. The Kier molecular flexibility index (Phi) is 5.11. The molecule has 0 aliphatic carbocycles. The second kappa shape index (κ2) is 7.04. The van der Waals surface area contributed by atoms with Crippen LogP contribution < -0.4 is 5.32 Å². The fourth-order valence-corrected chi connectivity index (χ4v) is 2.16. The first-order chi connectivity index (χ1) is 10.1. The summed E-state index contributed by atoms with van der Waals surface area (Å²) in [6, 6.07) is 6.87. The molecule has 112 valence electrons. The lowest BCUT2D eigenvalue weighted by Crippen LogP contribution is -2.38. The summed E-state index contributed by atoms with van der Waals surface area (Å²) in [7, 11) is 0. The highest BCUT2D eigenvalue weighted by atomic mass is 16.3. The van der Waals surface area contributed by atoms with Gasteiger partial charge >= 0.3 is 0 Å². The molecule has 0 aliphatic rings. The molecule has 1 atom stereocenters. The number of amides is 1. The summed E-state index contributed by atoms with van der Waals surface area (Å²) in [5, 5.41) is 12.1. The minimum absolute atomic E-state index is 0.0555. The number of hydrogen-bond acceptors (Lipinski definition) is 4. The molecule has 0 spiro atoms. The Hall–Kier alpha value is -2.14. The van der Waals surface area contributed by atoms with Crippen molar-refractivity contribution >= 4 is 5.91 Å². The van der Waals surface area contributed by atoms with Crippen LogP contribution >= 0.6 is 0 Å². The molecule has 0 radical (unpaired) electrons. The number of benzene rings is 1. The van der Waals surface area contributed by atoms with E-state index in [2.05, 4.69) is 24.1 Å². The molecule has 2 N–H and O–H groups in total. The van der Waals surface area contributed by atoms with E-state index in [-0.39, 0.29) is 18.6 Å². The van der Waals surface area contributed by atoms with Crippen molar-refractivity contribution in [1.29, 1.82) is 0 Å². The van der Waals surface area contributed by atoms with Crippen LogP contribution in [0.5, 0.6) is 0 Å². The SMILES string of the molecule is CC(C)CC(CO)NC(=O)c1ccc(-c2cnco2)cc1. The lowest BCUT2D eigenvalue weighted by Gasteiger charge is -2.18. The second-order valence-electron chi connectivity index (χ2n) is 5.43. The molecule has 0 aliphatic heterocycles. The molecule has 1 heterocycles. The van der Waals surface area contributed by atoms with Crippen LogP contribution in [0, 0.1) is 5.92 Å². The Morgan fingerprint density at radius 3 is 2.57 bits per heavy atom. The summed E-state index contributed by atoms with van der Waals surface area (Å²) in [5.74, 6) is 0.894. The van der Waals surface area contributed by atoms with E-state index in [0.717, 1.165) is 12.0 Å². The zero-order chi connectivity index (χ0) is 15.2. The standard InChI is InChI=1S/C16H20N2O3/c1-11(2)7-14(9-19)18-16(20)13-5-3-12(4-6-13)15-8-17-10-21-15/h3-6,8,10-11,14,19H,7,9H2,1-2H3,(H,18,20). The molecule has 1 unspecified atom stereocenters. The van der Waals surface area contributed by atoms with Gasteiger partial charge in [0.15, 0.2) is 12.2 Å². The zero-order valence-electron chi connectivity index (χ0n) is 12.2. The van der Waals surface area contributed by atoms with Crippen molar-refractivity contribution in [3.63, 3.8) is 0 Å². The summed E-state index contributed by atoms with van der Waals surface area (Å²) >= 11 is 0. The molecular formula is C16H20N2O3. The Labute approximate surface area is 124 Å². The molecule has 5 heteroatoms. The monoisotopic (exact) mass is 288 g/mol. The van der Waals surface area contributed by atoms with E-state index < -0.39 is 0 Å². The number of aromatic nitrogens is 1. The van der Waals surface area contributed by atoms with E-state index in [1.165, 1.54) is 6.39 Å². The molecule has 0 saturated carbocycles. The first-order valence-electron chi connectivity index (χ1n) is 7.00. The van der Waals surface area contributed by atoms with Gasteiger partial charge in [0.05, 0.1) is 18.8 Å². The molecule has 0 fully saturated rings. The quantitative estimate of drug-likeness (QED) is 0.856. The van der Waals surface area contributed by atoms with Crippen LogP contribution in [0.15, 0.2) is 41.3 Å². The Bertz CT molecular complexity index is 562. The van der Waals surface area contributed by atoms with E-state index in [0.29, 0.717) is 17.2 Å². The van der Waals surface area contributed by atoms with Crippen molar-refractivity contribution in [2.24, 2.45) is 5.92 Å². The van der Waals surface area contributed by atoms with Crippen molar-refractivity contribution in [2.45, 2.75) is 26.3 Å². The van der Waals surface area contributed by atoms with Crippen LogP contribution in [0.25, 0.3) is 11.3 Å². The number of aliphatic hydroxyl groups excluding tert-OH is 1. The Morgan fingerprint density at radius 2 is 2.05 bits per heavy atom. The average Bonchev–Trinajstić information content (AvgIpc) is 3.00. The third kappa shape index (κ3) is 4.16. The van der Waals surface area contributed by atoms with Crippen LogP contribution in [0.4, 0.5) is 0 Å². The molecule has 1 amide bonds. The van der Waals surface area contributed by atoms with Crippen LogP contribution in [0.2, 0.25) is 0 Å². The summed E-state index contributed by atoms with van der Waals surface area (Å²) in [6.07, 6.45) is 3.74. The molecule has 0 saturated heterocycles. The van der Waals surface area contributed by atoms with Gasteiger partial charge in [0.25, 0.3) is 5.91 Å². The lowest BCUT2D eigenvalue weighted by atomic mass is 10.0. The van der Waals surface area contributed by atoms with Gasteiger partial charge in [-0.1, -0.05) is 26.0 Å². The first kappa shape index (κ1) is 15.3. The van der Waals surface area contributed by atoms with Gasteiger partial charge in [-0.25, -0.2) is 4.98 Å². The minimum atomic E-state index is -0.216. The number of hydrogen-bond donors (Lipinski definition) is 2. The molecule has 2 rings (SSSR count). The molecule has 1 aromatic carbocycles. The fraction of sp³-hybridized carbons (Fsp3) is 0.375. The van der Waals surface area contributed by atoms with Crippen molar-refractivity contribution < 1.29 is 14.3 Å². The highest BCUT2D eigenvalue weighted by Gasteiger charge is 2.14. The second-order valence-corrected chi connectivity index (χ2v) is 5.43. The molecular weight excluding hydrogens is 268 g/mol. The predicted molar refractivity (Wildman–Crippen MR) is 79.7 cm³/mol. The van der Waals surface area contributed by atoms with E-state index in [1.54, 1.807) is 18.3 Å². The maximum atomic E-state index is 12.1. The number of nitrogens with one attached hydrogen (secondary N) is 1. The molecule has 0 bridgehead atoms. The van der Waals surface area contributed by atoms with E-state index >= 15 is 0 Å². The molecule has 1 aromatic heterocycles. The van der Waals surface area contributed by atoms with Gasteiger partial charge in [-0.2, -0.15) is 0 Å². The fourth-order valence-electron chi connectivity index (χ4n) is 2.16. The summed E-state index contributed by atoms with van der Waals surface area (Å²) in [4.78, 5) is 16.0. The molecule has 2 aromatic rings. The summed E-state index contributed by atoms with van der Waals surface area (Å²) in [6.45, 7) is 4.06. The van der Waals surface area contributed by atoms with Gasteiger partial charge in [0.2, 0.25) is 0 Å². The number of oxazole rings is 1. The number of aliphatic hydroxyl groups is 1. The number of nitrogens with zero attached hydrogens (tertiary/aromatic N) is 1. The first-order valence-corrected chi connectivity index (χ1v) is 7.00. The van der Waals surface area contributed by atoms with Gasteiger partial charge in [-0.05, 0) is 24.5 Å². The third-order valence-electron chi connectivity index (χ3n) is 3.18. The average molecular weight is 288 g/mol. The number of carbonyl (C=O) groups excluding carboxylic acids is 1. The van der Waals surface area contributed by atoms with E-state index in [9.17, 15) is 9.90 Å². The number of rotatable bonds is 6. The van der Waals surface area contributed by atoms with Crippen molar-refractivity contribution in [1.82, 2.24) is 10.3 Å². The van der Waals surface area contributed by atoms with Crippen molar-refractivity contribution in [3.05, 3.63) is 42.4 Å². The van der Waals surface area contributed by atoms with E-state index in [4.69, 9.17) is 4.42 Å². The van der Waals surface area contributed by atoms with Crippen LogP contribution in [-0.4, -0.2) is 28.6 Å². The predicted octanol–water partition coefficient (Wildman–Crippen LogP) is 2.48. The van der Waals surface area contributed by atoms with Crippen molar-refractivity contribution in [2.75, 3.05) is 6.61 Å². The molecule has 21 heavy (non-hydrogen) atoms. The largest absolute Gasteiger partial charge is 0.444 e. The smallest absolute Gasteiger partial charge is 0.251 e. The normalized spacial score (nSPS) is 12.4. The Balaban J connectivity index is 2.02. The topological polar surface area (TPSA) is 75.4 Å². The maximum Gasteiger partial charge on any atom is 0.251 e. The van der Waals surface area contributed by atoms with Gasteiger partial charge in [0.1, 0.15) is 0 Å². The van der Waals surface area contributed by atoms with Crippen molar-refractivity contribution in [3.8, 4) is 11.3 Å². The van der Waals surface area contributed by atoms with Crippen LogP contribution in [-0.2, 0) is 0 Å². The molecule has 5 nitrogen and oxygen atoms in total. The summed E-state index contributed by atoms with van der Waals surface area (Å²) in [5.41, 5.74) is 1.42. The van der Waals surface area contributed by atoms with Gasteiger partial charge in [0, 0.05) is 11.1 Å². The Morgan fingerprint density at radius 1 is 1.33 bits per heavy atom. The van der Waals surface area contributed by atoms with Gasteiger partial charge < -0.3 is 14.8 Å². The van der Waals surface area contributed by atoms with Gasteiger partial charge in [-0.15, -0.1) is 0 Å². The maximum absolute atomic E-state index is 12.1. The van der Waals surface area contributed by atoms with Gasteiger partial charge in [-0.3, -0.25) is 4.79 Å². The third-order valence-corrected chi connectivity index (χ3v) is 3.18. The van der Waals surface area contributed by atoms with E-state index in [1.807, 2.05) is 12.1 Å².